The number of halogens is 2. The largest absolute Gasteiger partial charge is 0.352 e. The normalized spacial score (nSPS) is 15.0. The van der Waals surface area contributed by atoms with Gasteiger partial charge in [0.05, 0.1) is 5.75 Å². The molecule has 7 heteroatoms. The number of nitrogens with one attached hydrogen (secondary N) is 1. The van der Waals surface area contributed by atoms with Crippen molar-refractivity contribution in [3.8, 4) is 0 Å². The molecular weight excluding hydrogens is 484 g/mol. The van der Waals surface area contributed by atoms with Crippen LogP contribution < -0.4 is 5.32 Å². The molecule has 0 spiro atoms. The molecule has 0 aliphatic heterocycles. The van der Waals surface area contributed by atoms with Crippen LogP contribution in [0.4, 0.5) is 0 Å². The molecule has 1 aliphatic carbocycles. The molecule has 0 heterocycles. The van der Waals surface area contributed by atoms with E-state index in [9.17, 15) is 9.59 Å². The fraction of sp³-hybridized carbons (Fsp3) is 0.391. The number of rotatable bonds is 8. The van der Waals surface area contributed by atoms with Crippen molar-refractivity contribution in [2.75, 3.05) is 5.75 Å². The van der Waals surface area contributed by atoms with Crippen LogP contribution in [0.5, 0.6) is 0 Å². The van der Waals surface area contributed by atoms with Crippen LogP contribution in [0.1, 0.15) is 38.2 Å². The van der Waals surface area contributed by atoms with Crippen molar-refractivity contribution in [3.05, 3.63) is 63.6 Å². The van der Waals surface area contributed by atoms with E-state index in [2.05, 4.69) is 21.2 Å². The predicted molar refractivity (Wildman–Crippen MR) is 127 cm³/mol. The van der Waals surface area contributed by atoms with Gasteiger partial charge in [0.25, 0.3) is 0 Å². The van der Waals surface area contributed by atoms with Crippen LogP contribution >= 0.6 is 39.3 Å². The van der Waals surface area contributed by atoms with E-state index in [-0.39, 0.29) is 23.6 Å². The number of carbonyl (C=O) groups excluding carboxylic acids is 2. The molecule has 160 valence electrons. The summed E-state index contributed by atoms with van der Waals surface area (Å²) in [5.74, 6) is 0.113. The van der Waals surface area contributed by atoms with Gasteiger partial charge in [-0.1, -0.05) is 52.5 Å². The third-order valence-corrected chi connectivity index (χ3v) is 7.03. The zero-order valence-corrected chi connectivity index (χ0v) is 20.1. The Balaban J connectivity index is 1.70. The highest BCUT2D eigenvalue weighted by Crippen LogP contribution is 2.23. The molecule has 0 unspecified atom stereocenters. The molecule has 0 saturated heterocycles. The Kier molecular flexibility index (Phi) is 8.66. The molecule has 1 N–H and O–H groups in total. The van der Waals surface area contributed by atoms with Crippen molar-refractivity contribution in [1.82, 2.24) is 10.2 Å². The van der Waals surface area contributed by atoms with Crippen LogP contribution in [0.25, 0.3) is 0 Å². The summed E-state index contributed by atoms with van der Waals surface area (Å²) in [5.41, 5.74) is 0.981. The average Bonchev–Trinajstić information content (AvgIpc) is 3.24. The Bertz CT molecular complexity index is 872. The lowest BCUT2D eigenvalue weighted by atomic mass is 10.1. The number of amides is 2. The molecule has 2 aromatic rings. The highest BCUT2D eigenvalue weighted by molar-refractivity contribution is 9.10. The van der Waals surface area contributed by atoms with Crippen LogP contribution in [-0.2, 0) is 16.1 Å². The molecule has 1 saturated carbocycles. The number of carbonyl (C=O) groups is 2. The minimum absolute atomic E-state index is 0.0657. The molecule has 1 aliphatic rings. The summed E-state index contributed by atoms with van der Waals surface area (Å²) in [5, 5.41) is 3.79. The van der Waals surface area contributed by atoms with Crippen LogP contribution in [0.15, 0.2) is 57.9 Å². The smallest absolute Gasteiger partial charge is 0.242 e. The molecule has 30 heavy (non-hydrogen) atoms. The van der Waals surface area contributed by atoms with Crippen LogP contribution in [0.2, 0.25) is 5.02 Å². The van der Waals surface area contributed by atoms with E-state index >= 15 is 0 Å². The van der Waals surface area contributed by atoms with E-state index in [1.807, 2.05) is 55.5 Å². The summed E-state index contributed by atoms with van der Waals surface area (Å²) in [6.45, 7) is 2.20. The lowest BCUT2D eigenvalue weighted by Crippen LogP contribution is -2.50. The van der Waals surface area contributed by atoms with Crippen molar-refractivity contribution in [2.24, 2.45) is 0 Å². The van der Waals surface area contributed by atoms with Crippen LogP contribution in [0.3, 0.4) is 0 Å². The maximum Gasteiger partial charge on any atom is 0.242 e. The van der Waals surface area contributed by atoms with Gasteiger partial charge in [0.2, 0.25) is 11.8 Å². The topological polar surface area (TPSA) is 49.4 Å². The Morgan fingerprint density at radius 2 is 1.90 bits per heavy atom. The van der Waals surface area contributed by atoms with Gasteiger partial charge in [-0.2, -0.15) is 0 Å². The summed E-state index contributed by atoms with van der Waals surface area (Å²) >= 11 is 10.9. The van der Waals surface area contributed by atoms with Gasteiger partial charge in [0, 0.05) is 27.0 Å². The van der Waals surface area contributed by atoms with Crippen LogP contribution in [-0.4, -0.2) is 34.6 Å². The fourth-order valence-electron chi connectivity index (χ4n) is 3.57. The second-order valence-electron chi connectivity index (χ2n) is 7.56. The molecule has 0 radical (unpaired) electrons. The number of nitrogens with zero attached hydrogens (tertiary/aromatic N) is 1. The van der Waals surface area contributed by atoms with Crippen molar-refractivity contribution < 1.29 is 9.59 Å². The van der Waals surface area contributed by atoms with Crippen molar-refractivity contribution in [1.29, 1.82) is 0 Å². The minimum atomic E-state index is -0.539. The van der Waals surface area contributed by atoms with E-state index in [0.29, 0.717) is 11.6 Å². The summed E-state index contributed by atoms with van der Waals surface area (Å²) in [6.07, 6.45) is 4.34. The van der Waals surface area contributed by atoms with Crippen LogP contribution in [0, 0.1) is 0 Å². The quantitative estimate of drug-likeness (QED) is 0.466. The first-order chi connectivity index (χ1) is 14.4. The fourth-order valence-corrected chi connectivity index (χ4v) is 4.92. The number of hydrogen-bond acceptors (Lipinski definition) is 3. The molecule has 1 fully saturated rings. The molecule has 4 nitrogen and oxygen atoms in total. The van der Waals surface area contributed by atoms with Crippen molar-refractivity contribution >= 4 is 51.1 Å². The van der Waals surface area contributed by atoms with E-state index in [0.717, 1.165) is 40.6 Å². The van der Waals surface area contributed by atoms with Gasteiger partial charge in [-0.05, 0) is 61.7 Å². The standard InChI is InChI=1S/C23H26BrClN2O2S/c1-16(23(29)26-20-7-2-3-8-20)27(14-17-5-4-6-18(24)13-17)22(28)15-30-21-11-9-19(25)10-12-21/h4-6,9-13,16,20H,2-3,7-8,14-15H2,1H3,(H,26,29)/t16-/m0/s1. The molecular formula is C23H26BrClN2O2S. The zero-order chi connectivity index (χ0) is 21.5. The van der Waals surface area contributed by atoms with Crippen molar-refractivity contribution in [2.45, 2.75) is 56.1 Å². The van der Waals surface area contributed by atoms with E-state index in [1.165, 1.54) is 11.8 Å². The summed E-state index contributed by atoms with van der Waals surface area (Å²) in [6, 6.07) is 14.9. The first-order valence-electron chi connectivity index (χ1n) is 10.1. The number of benzene rings is 2. The molecule has 2 amide bonds. The van der Waals surface area contributed by atoms with Gasteiger partial charge in [0.15, 0.2) is 0 Å². The highest BCUT2D eigenvalue weighted by Gasteiger charge is 2.28. The van der Waals surface area contributed by atoms with E-state index in [1.54, 1.807) is 4.90 Å². The Morgan fingerprint density at radius 3 is 2.57 bits per heavy atom. The molecule has 1 atom stereocenters. The molecule has 2 aromatic carbocycles. The zero-order valence-electron chi connectivity index (χ0n) is 16.9. The first kappa shape index (κ1) is 23.2. The van der Waals surface area contributed by atoms with Crippen molar-refractivity contribution in [3.63, 3.8) is 0 Å². The maximum atomic E-state index is 13.1. The monoisotopic (exact) mass is 508 g/mol. The summed E-state index contributed by atoms with van der Waals surface area (Å²) in [4.78, 5) is 28.7. The van der Waals surface area contributed by atoms with E-state index in [4.69, 9.17) is 11.6 Å². The molecule has 0 aromatic heterocycles. The summed E-state index contributed by atoms with van der Waals surface area (Å²) in [7, 11) is 0. The second kappa shape index (κ2) is 11.2. The summed E-state index contributed by atoms with van der Waals surface area (Å²) < 4.78 is 0.950. The van der Waals surface area contributed by atoms with Gasteiger partial charge in [-0.3, -0.25) is 9.59 Å². The highest BCUT2D eigenvalue weighted by atomic mass is 79.9. The predicted octanol–water partition coefficient (Wildman–Crippen LogP) is 5.67. The van der Waals surface area contributed by atoms with E-state index < -0.39 is 6.04 Å². The SMILES string of the molecule is C[C@@H](C(=O)NC1CCCC1)N(Cc1cccc(Br)c1)C(=O)CSc1ccc(Cl)cc1. The molecule has 3 rings (SSSR count). The van der Waals surface area contributed by atoms with Gasteiger partial charge < -0.3 is 10.2 Å². The molecule has 0 bridgehead atoms. The maximum absolute atomic E-state index is 13.1. The second-order valence-corrected chi connectivity index (χ2v) is 9.96. The van der Waals surface area contributed by atoms with Gasteiger partial charge in [-0.25, -0.2) is 0 Å². The Hall–Kier alpha value is -1.50. The third kappa shape index (κ3) is 6.76. The number of thioether (sulfide) groups is 1. The van der Waals surface area contributed by atoms with Gasteiger partial charge in [0.1, 0.15) is 6.04 Å². The lowest BCUT2D eigenvalue weighted by Gasteiger charge is -2.29. The van der Waals surface area contributed by atoms with Gasteiger partial charge in [-0.15, -0.1) is 11.8 Å². The Labute approximate surface area is 195 Å². The number of hydrogen-bond donors (Lipinski definition) is 1. The first-order valence-corrected chi connectivity index (χ1v) is 12.3. The average molecular weight is 510 g/mol. The minimum Gasteiger partial charge on any atom is -0.352 e. The lowest BCUT2D eigenvalue weighted by molar-refractivity contribution is -0.138. The Morgan fingerprint density at radius 1 is 1.20 bits per heavy atom. The third-order valence-electron chi connectivity index (χ3n) is 5.29. The van der Waals surface area contributed by atoms with Gasteiger partial charge >= 0.3 is 0 Å².